The van der Waals surface area contributed by atoms with Crippen LogP contribution in [0.3, 0.4) is 0 Å². The van der Waals surface area contributed by atoms with E-state index in [9.17, 15) is 4.79 Å². The maximum absolute atomic E-state index is 12.7. The first-order valence-corrected chi connectivity index (χ1v) is 12.9. The summed E-state index contributed by atoms with van der Waals surface area (Å²) in [6.07, 6.45) is 11.5. The summed E-state index contributed by atoms with van der Waals surface area (Å²) in [5.41, 5.74) is 0.391. The molecule has 2 atom stereocenters. The van der Waals surface area contributed by atoms with Crippen molar-refractivity contribution in [2.45, 2.75) is 115 Å². The van der Waals surface area contributed by atoms with E-state index in [2.05, 4.69) is 15.1 Å². The van der Waals surface area contributed by atoms with Crippen LogP contribution in [0, 0.1) is 6.92 Å². The summed E-state index contributed by atoms with van der Waals surface area (Å²) in [7, 11) is 0. The molecule has 0 spiro atoms. The Hall–Kier alpha value is -2.68. The summed E-state index contributed by atoms with van der Waals surface area (Å²) in [5.74, 6) is 1.56. The smallest absolute Gasteiger partial charge is 0.410 e. The fraction of sp³-hybridized carbons (Fsp3) is 0.692. The van der Waals surface area contributed by atoms with Gasteiger partial charge in [0.15, 0.2) is 5.82 Å². The van der Waals surface area contributed by atoms with E-state index in [0.717, 1.165) is 68.6 Å². The molecule has 3 fully saturated rings. The number of hydrogen-bond acceptors (Lipinski definition) is 7. The van der Waals surface area contributed by atoms with Crippen molar-refractivity contribution in [1.29, 1.82) is 0 Å². The Morgan fingerprint density at radius 3 is 2.26 bits per heavy atom. The van der Waals surface area contributed by atoms with Crippen LogP contribution in [0.1, 0.15) is 77.8 Å². The molecule has 9 heteroatoms. The van der Waals surface area contributed by atoms with E-state index in [1.807, 2.05) is 44.7 Å². The van der Waals surface area contributed by atoms with Crippen molar-refractivity contribution in [3.63, 3.8) is 0 Å². The molecule has 1 saturated carbocycles. The number of ether oxygens (including phenoxy) is 3. The van der Waals surface area contributed by atoms with Crippen LogP contribution in [-0.4, -0.2) is 66.7 Å². The van der Waals surface area contributed by atoms with Crippen LogP contribution in [0.25, 0.3) is 5.82 Å². The molecule has 4 heterocycles. The molecule has 2 saturated heterocycles. The largest absolute Gasteiger partial charge is 0.489 e. The summed E-state index contributed by atoms with van der Waals surface area (Å²) in [6.45, 7) is 7.74. The Bertz CT molecular complexity index is 999. The minimum atomic E-state index is -0.460. The second-order valence-corrected chi connectivity index (χ2v) is 11.1. The van der Waals surface area contributed by atoms with Gasteiger partial charge >= 0.3 is 6.09 Å². The number of carbonyl (C=O) groups is 1. The van der Waals surface area contributed by atoms with Crippen LogP contribution in [0.15, 0.2) is 24.8 Å². The van der Waals surface area contributed by atoms with Gasteiger partial charge in [-0.3, -0.25) is 0 Å². The van der Waals surface area contributed by atoms with Gasteiger partial charge in [-0.1, -0.05) is 0 Å². The number of rotatable bonds is 5. The molecule has 2 aromatic rings. The second kappa shape index (κ2) is 9.76. The van der Waals surface area contributed by atoms with Gasteiger partial charge in [-0.05, 0) is 91.2 Å². The normalized spacial score (nSPS) is 28.7. The lowest BCUT2D eigenvalue weighted by atomic mass is 9.93. The summed E-state index contributed by atoms with van der Waals surface area (Å²) in [6, 6.07) is 4.35. The monoisotopic (exact) mass is 483 g/mol. The van der Waals surface area contributed by atoms with Crippen LogP contribution in [0.4, 0.5) is 4.79 Å². The Labute approximate surface area is 207 Å². The standard InChI is InChI=1S/C26H37N5O4/c1-17-23(11-12-24(29-17)30-16-27-15-28-30)34-21-9-7-20(8-10-21)33-22-13-18-5-6-19(14-22)31(18)25(32)35-26(2,3)4/h11-12,15-16,18-22H,5-10,13-14H2,1-4H3/t18-,19-,20?,21?/m0/s1. The molecule has 35 heavy (non-hydrogen) atoms. The number of aryl methyl sites for hydroxylation is 1. The van der Waals surface area contributed by atoms with Crippen LogP contribution in [0.5, 0.6) is 5.75 Å². The highest BCUT2D eigenvalue weighted by molar-refractivity contribution is 5.69. The fourth-order valence-corrected chi connectivity index (χ4v) is 5.70. The van der Waals surface area contributed by atoms with Gasteiger partial charge in [-0.15, -0.1) is 0 Å². The number of hydrogen-bond donors (Lipinski definition) is 0. The fourth-order valence-electron chi connectivity index (χ4n) is 5.70. The van der Waals surface area contributed by atoms with Gasteiger partial charge in [0.1, 0.15) is 24.0 Å². The zero-order valence-electron chi connectivity index (χ0n) is 21.2. The first kappa shape index (κ1) is 24.0. The van der Waals surface area contributed by atoms with Gasteiger partial charge in [0.05, 0.1) is 24.0 Å². The van der Waals surface area contributed by atoms with E-state index in [0.29, 0.717) is 0 Å². The lowest BCUT2D eigenvalue weighted by Crippen LogP contribution is -2.50. The molecule has 190 valence electrons. The second-order valence-electron chi connectivity index (χ2n) is 11.1. The SMILES string of the molecule is Cc1nc(-n2cncn2)ccc1OC1CCC(OC2C[C@@H]3CC[C@@H](C2)N3C(=O)OC(C)(C)C)CC1. The van der Waals surface area contributed by atoms with E-state index in [4.69, 9.17) is 14.2 Å². The van der Waals surface area contributed by atoms with E-state index < -0.39 is 5.60 Å². The van der Waals surface area contributed by atoms with Crippen molar-refractivity contribution in [2.24, 2.45) is 0 Å². The molecule has 0 aromatic carbocycles. The van der Waals surface area contributed by atoms with Gasteiger partial charge < -0.3 is 19.1 Å². The number of pyridine rings is 1. The highest BCUT2D eigenvalue weighted by Gasteiger charge is 2.45. The van der Waals surface area contributed by atoms with Crippen LogP contribution in [-0.2, 0) is 9.47 Å². The third-order valence-electron chi connectivity index (χ3n) is 7.27. The zero-order chi connectivity index (χ0) is 24.6. The highest BCUT2D eigenvalue weighted by atomic mass is 16.6. The van der Waals surface area contributed by atoms with Crippen molar-refractivity contribution in [1.82, 2.24) is 24.6 Å². The van der Waals surface area contributed by atoms with Gasteiger partial charge in [-0.25, -0.2) is 19.4 Å². The lowest BCUT2D eigenvalue weighted by Gasteiger charge is -2.41. The molecule has 2 aliphatic heterocycles. The Balaban J connectivity index is 1.09. The summed E-state index contributed by atoms with van der Waals surface area (Å²) in [4.78, 5) is 23.3. The van der Waals surface area contributed by atoms with Crippen molar-refractivity contribution >= 4 is 6.09 Å². The number of fused-ring (bicyclic) bond motifs is 2. The Morgan fingerprint density at radius 2 is 1.66 bits per heavy atom. The molecule has 1 aliphatic carbocycles. The first-order chi connectivity index (χ1) is 16.7. The number of piperidine rings is 1. The molecule has 0 unspecified atom stereocenters. The average Bonchev–Trinajstić information content (AvgIpc) is 3.42. The number of aromatic nitrogens is 4. The Kier molecular flexibility index (Phi) is 6.70. The Morgan fingerprint density at radius 1 is 0.971 bits per heavy atom. The van der Waals surface area contributed by atoms with E-state index >= 15 is 0 Å². The topological polar surface area (TPSA) is 91.6 Å². The van der Waals surface area contributed by atoms with Crippen molar-refractivity contribution in [3.8, 4) is 11.6 Å². The summed E-state index contributed by atoms with van der Waals surface area (Å²) >= 11 is 0. The molecular weight excluding hydrogens is 446 g/mol. The molecule has 9 nitrogen and oxygen atoms in total. The molecule has 5 rings (SSSR count). The molecule has 3 aliphatic rings. The van der Waals surface area contributed by atoms with Crippen molar-refractivity contribution in [3.05, 3.63) is 30.5 Å². The molecule has 2 aromatic heterocycles. The zero-order valence-corrected chi connectivity index (χ0v) is 21.2. The van der Waals surface area contributed by atoms with Crippen LogP contribution < -0.4 is 4.74 Å². The predicted octanol–water partition coefficient (Wildman–Crippen LogP) is 4.61. The molecule has 1 amide bonds. The molecular formula is C26H37N5O4. The summed E-state index contributed by atoms with van der Waals surface area (Å²) in [5, 5.41) is 4.13. The van der Waals surface area contributed by atoms with Crippen molar-refractivity contribution < 1.29 is 19.0 Å². The van der Waals surface area contributed by atoms with Gasteiger partial charge in [0, 0.05) is 12.1 Å². The van der Waals surface area contributed by atoms with E-state index in [1.54, 1.807) is 11.0 Å². The van der Waals surface area contributed by atoms with Crippen LogP contribution >= 0.6 is 0 Å². The predicted molar refractivity (Wildman–Crippen MR) is 130 cm³/mol. The maximum Gasteiger partial charge on any atom is 0.410 e. The maximum atomic E-state index is 12.7. The number of nitrogens with zero attached hydrogens (tertiary/aromatic N) is 5. The highest BCUT2D eigenvalue weighted by Crippen LogP contribution is 2.39. The molecule has 2 bridgehead atoms. The quantitative estimate of drug-likeness (QED) is 0.613. The van der Waals surface area contributed by atoms with E-state index in [1.165, 1.54) is 6.33 Å². The minimum Gasteiger partial charge on any atom is -0.489 e. The van der Waals surface area contributed by atoms with E-state index in [-0.39, 0.29) is 36.5 Å². The van der Waals surface area contributed by atoms with Gasteiger partial charge in [0.25, 0.3) is 0 Å². The van der Waals surface area contributed by atoms with Crippen molar-refractivity contribution in [2.75, 3.05) is 0 Å². The van der Waals surface area contributed by atoms with Gasteiger partial charge in [-0.2, -0.15) is 5.10 Å². The minimum absolute atomic E-state index is 0.166. The van der Waals surface area contributed by atoms with Gasteiger partial charge in [0.2, 0.25) is 0 Å². The average molecular weight is 484 g/mol. The summed E-state index contributed by atoms with van der Waals surface area (Å²) < 4.78 is 20.2. The van der Waals surface area contributed by atoms with Crippen LogP contribution in [0.2, 0.25) is 0 Å². The number of carbonyl (C=O) groups excluding carboxylic acids is 1. The lowest BCUT2D eigenvalue weighted by molar-refractivity contribution is -0.0813. The number of amides is 1. The third-order valence-corrected chi connectivity index (χ3v) is 7.27. The third kappa shape index (κ3) is 5.60. The first-order valence-electron chi connectivity index (χ1n) is 12.9. The molecule has 0 N–H and O–H groups in total. The molecule has 0 radical (unpaired) electrons.